The summed E-state index contributed by atoms with van der Waals surface area (Å²) in [7, 11) is 0. The first kappa shape index (κ1) is 11.0. The molecule has 1 N–H and O–H groups in total. The van der Waals surface area contributed by atoms with Gasteiger partial charge in [0.25, 0.3) is 0 Å². The van der Waals surface area contributed by atoms with Gasteiger partial charge < -0.3 is 5.11 Å². The Hall–Kier alpha value is -0.0400. The van der Waals surface area contributed by atoms with Gasteiger partial charge in [0.1, 0.15) is 0 Å². The van der Waals surface area contributed by atoms with Crippen LogP contribution in [0.4, 0.5) is 0 Å². The van der Waals surface area contributed by atoms with E-state index >= 15 is 0 Å². The van der Waals surface area contributed by atoms with E-state index in [9.17, 15) is 5.11 Å². The Balaban J connectivity index is 2.30. The fraction of sp³-hybridized carbons (Fsp3) is 1.00. The highest BCUT2D eigenvalue weighted by atomic mass is 16.3. The van der Waals surface area contributed by atoms with Crippen molar-refractivity contribution in [1.29, 1.82) is 0 Å². The molecule has 0 aromatic heterocycles. The van der Waals surface area contributed by atoms with E-state index in [0.717, 1.165) is 18.3 Å². The predicted molar refractivity (Wildman–Crippen MR) is 56.7 cm³/mol. The average Bonchev–Trinajstić information content (AvgIpc) is 2.29. The van der Waals surface area contributed by atoms with Gasteiger partial charge in [0.2, 0.25) is 0 Å². The lowest BCUT2D eigenvalue weighted by Gasteiger charge is -2.23. The lowest BCUT2D eigenvalue weighted by Crippen LogP contribution is -2.16. The minimum atomic E-state index is -0.113. The molecule has 0 saturated heterocycles. The van der Waals surface area contributed by atoms with Crippen molar-refractivity contribution in [3.05, 3.63) is 0 Å². The molecule has 0 radical (unpaired) electrons. The Morgan fingerprint density at radius 2 is 1.62 bits per heavy atom. The first-order chi connectivity index (χ1) is 6.20. The lowest BCUT2D eigenvalue weighted by molar-refractivity contribution is 0.141. The highest BCUT2D eigenvalue weighted by Crippen LogP contribution is 2.30. The highest BCUT2D eigenvalue weighted by molar-refractivity contribution is 4.71. The summed E-state index contributed by atoms with van der Waals surface area (Å²) in [6.07, 6.45) is 9.35. The van der Waals surface area contributed by atoms with Gasteiger partial charge in [-0.3, -0.25) is 0 Å². The highest BCUT2D eigenvalue weighted by Gasteiger charge is 2.19. The third-order valence-electron chi connectivity index (χ3n) is 3.42. The first-order valence-corrected chi connectivity index (χ1v) is 5.88. The molecule has 1 fully saturated rings. The molecule has 0 amide bonds. The van der Waals surface area contributed by atoms with Crippen LogP contribution in [0.5, 0.6) is 0 Å². The molecule has 78 valence electrons. The van der Waals surface area contributed by atoms with Crippen molar-refractivity contribution >= 4 is 0 Å². The van der Waals surface area contributed by atoms with Crippen LogP contribution in [-0.4, -0.2) is 11.2 Å². The Morgan fingerprint density at radius 1 is 1.08 bits per heavy atom. The molecule has 2 unspecified atom stereocenters. The number of hydrogen-bond acceptors (Lipinski definition) is 1. The van der Waals surface area contributed by atoms with Crippen molar-refractivity contribution < 1.29 is 5.11 Å². The molecule has 0 aromatic carbocycles. The van der Waals surface area contributed by atoms with E-state index in [2.05, 4.69) is 6.92 Å². The Labute approximate surface area is 82.5 Å². The largest absolute Gasteiger partial charge is 0.393 e. The maximum atomic E-state index is 9.32. The third-order valence-corrected chi connectivity index (χ3v) is 3.42. The van der Waals surface area contributed by atoms with E-state index in [4.69, 9.17) is 0 Å². The normalized spacial score (nSPS) is 25.2. The van der Waals surface area contributed by atoms with Gasteiger partial charge in [-0.2, -0.15) is 0 Å². The minimum Gasteiger partial charge on any atom is -0.393 e. The average molecular weight is 184 g/mol. The Morgan fingerprint density at radius 3 is 2.08 bits per heavy atom. The second kappa shape index (κ2) is 5.64. The second-order valence-corrected chi connectivity index (χ2v) is 4.81. The van der Waals surface area contributed by atoms with Crippen molar-refractivity contribution in [1.82, 2.24) is 0 Å². The van der Waals surface area contributed by atoms with E-state index < -0.39 is 0 Å². The third kappa shape index (κ3) is 4.12. The van der Waals surface area contributed by atoms with Crippen molar-refractivity contribution in [2.75, 3.05) is 0 Å². The van der Waals surface area contributed by atoms with Gasteiger partial charge in [-0.1, -0.05) is 45.4 Å². The van der Waals surface area contributed by atoms with Crippen LogP contribution < -0.4 is 0 Å². The monoisotopic (exact) mass is 184 g/mol. The zero-order chi connectivity index (χ0) is 9.68. The molecule has 0 aromatic rings. The van der Waals surface area contributed by atoms with Crippen LogP contribution >= 0.6 is 0 Å². The van der Waals surface area contributed by atoms with Crippen LogP contribution in [0.25, 0.3) is 0 Å². The van der Waals surface area contributed by atoms with Gasteiger partial charge in [0.05, 0.1) is 6.10 Å². The Bertz CT molecular complexity index is 123. The molecule has 0 heterocycles. The molecule has 13 heavy (non-hydrogen) atoms. The van der Waals surface area contributed by atoms with Crippen molar-refractivity contribution in [2.45, 2.75) is 64.9 Å². The van der Waals surface area contributed by atoms with Crippen LogP contribution in [0.2, 0.25) is 0 Å². The quantitative estimate of drug-likeness (QED) is 0.667. The number of rotatable bonds is 3. The number of hydrogen-bond donors (Lipinski definition) is 1. The summed E-state index contributed by atoms with van der Waals surface area (Å²) >= 11 is 0. The molecule has 1 saturated carbocycles. The maximum Gasteiger partial charge on any atom is 0.0514 e. The summed E-state index contributed by atoms with van der Waals surface area (Å²) in [6.45, 7) is 4.22. The topological polar surface area (TPSA) is 20.2 Å². The van der Waals surface area contributed by atoms with Crippen LogP contribution in [0, 0.1) is 11.8 Å². The molecule has 1 heteroatoms. The molecule has 0 spiro atoms. The Kier molecular flexibility index (Phi) is 4.79. The SMILES string of the molecule is CC(O)CC(C)C1CCCCCC1. The molecule has 0 aliphatic heterocycles. The van der Waals surface area contributed by atoms with Gasteiger partial charge in [-0.05, 0) is 25.2 Å². The van der Waals surface area contributed by atoms with E-state index in [1.54, 1.807) is 0 Å². The van der Waals surface area contributed by atoms with Gasteiger partial charge >= 0.3 is 0 Å². The molecular formula is C12H24O. The molecule has 1 aliphatic carbocycles. The van der Waals surface area contributed by atoms with Crippen LogP contribution in [0.3, 0.4) is 0 Å². The number of aliphatic hydroxyl groups excluding tert-OH is 1. The summed E-state index contributed by atoms with van der Waals surface area (Å²) in [4.78, 5) is 0. The van der Waals surface area contributed by atoms with E-state index in [-0.39, 0.29) is 6.10 Å². The first-order valence-electron chi connectivity index (χ1n) is 5.88. The number of aliphatic hydroxyl groups is 1. The summed E-state index contributed by atoms with van der Waals surface area (Å²) in [5.74, 6) is 1.61. The zero-order valence-electron chi connectivity index (χ0n) is 9.13. The zero-order valence-corrected chi connectivity index (χ0v) is 9.13. The smallest absolute Gasteiger partial charge is 0.0514 e. The predicted octanol–water partition coefficient (Wildman–Crippen LogP) is 3.36. The van der Waals surface area contributed by atoms with E-state index in [1.165, 1.54) is 38.5 Å². The molecule has 1 rings (SSSR count). The fourth-order valence-corrected chi connectivity index (χ4v) is 2.61. The fourth-order valence-electron chi connectivity index (χ4n) is 2.61. The molecular weight excluding hydrogens is 160 g/mol. The van der Waals surface area contributed by atoms with Gasteiger partial charge in [0, 0.05) is 0 Å². The van der Waals surface area contributed by atoms with Crippen molar-refractivity contribution in [3.63, 3.8) is 0 Å². The summed E-state index contributed by atoms with van der Waals surface area (Å²) in [5.41, 5.74) is 0. The van der Waals surface area contributed by atoms with Crippen molar-refractivity contribution in [2.24, 2.45) is 11.8 Å². The standard InChI is InChI=1S/C12H24O/c1-10(9-11(2)13)12-7-5-3-4-6-8-12/h10-13H,3-9H2,1-2H3. The van der Waals surface area contributed by atoms with Gasteiger partial charge in [-0.25, -0.2) is 0 Å². The van der Waals surface area contributed by atoms with Crippen molar-refractivity contribution in [3.8, 4) is 0 Å². The maximum absolute atomic E-state index is 9.32. The molecule has 2 atom stereocenters. The van der Waals surface area contributed by atoms with Gasteiger partial charge in [-0.15, -0.1) is 0 Å². The van der Waals surface area contributed by atoms with Crippen LogP contribution in [0.15, 0.2) is 0 Å². The minimum absolute atomic E-state index is 0.113. The molecule has 1 nitrogen and oxygen atoms in total. The molecule has 1 aliphatic rings. The molecule has 0 bridgehead atoms. The van der Waals surface area contributed by atoms with E-state index in [1.807, 2.05) is 6.92 Å². The summed E-state index contributed by atoms with van der Waals surface area (Å²) in [5, 5.41) is 9.32. The van der Waals surface area contributed by atoms with Crippen LogP contribution in [0.1, 0.15) is 58.8 Å². The van der Waals surface area contributed by atoms with Gasteiger partial charge in [0.15, 0.2) is 0 Å². The van der Waals surface area contributed by atoms with E-state index in [0.29, 0.717) is 0 Å². The van der Waals surface area contributed by atoms with Crippen LogP contribution in [-0.2, 0) is 0 Å². The second-order valence-electron chi connectivity index (χ2n) is 4.81. The lowest BCUT2D eigenvalue weighted by atomic mass is 9.84. The summed E-state index contributed by atoms with van der Waals surface area (Å²) in [6, 6.07) is 0. The summed E-state index contributed by atoms with van der Waals surface area (Å²) < 4.78 is 0.